The molecule has 1 aliphatic rings. The molecule has 0 spiro atoms. The molecule has 0 radical (unpaired) electrons. The van der Waals surface area contributed by atoms with E-state index in [1.807, 2.05) is 19.3 Å². The van der Waals surface area contributed by atoms with E-state index in [9.17, 15) is 0 Å². The Bertz CT molecular complexity index is 378. The van der Waals surface area contributed by atoms with Crippen LogP contribution in [-0.2, 0) is 11.2 Å². The maximum atomic E-state index is 5.78. The van der Waals surface area contributed by atoms with E-state index in [-0.39, 0.29) is 6.04 Å². The van der Waals surface area contributed by atoms with Gasteiger partial charge in [0.25, 0.3) is 0 Å². The van der Waals surface area contributed by atoms with Gasteiger partial charge in [0.15, 0.2) is 0 Å². The Morgan fingerprint density at radius 2 is 2.21 bits per heavy atom. The van der Waals surface area contributed by atoms with Crippen molar-refractivity contribution in [3.05, 3.63) is 18.0 Å². The first-order valence-electron chi connectivity index (χ1n) is 6.99. The minimum absolute atomic E-state index is 0.149. The summed E-state index contributed by atoms with van der Waals surface area (Å²) in [4.78, 5) is 11.2. The second kappa shape index (κ2) is 6.82. The van der Waals surface area contributed by atoms with Crippen LogP contribution < -0.4 is 10.6 Å². The zero-order chi connectivity index (χ0) is 13.7. The van der Waals surface area contributed by atoms with Crippen LogP contribution in [0, 0.1) is 5.92 Å². The molecule has 5 heteroatoms. The molecule has 2 heterocycles. The summed E-state index contributed by atoms with van der Waals surface area (Å²) in [5.41, 5.74) is 6.88. The highest BCUT2D eigenvalue weighted by molar-refractivity contribution is 5.30. The number of piperidine rings is 1. The van der Waals surface area contributed by atoms with Crippen LogP contribution in [0.15, 0.2) is 12.4 Å². The molecule has 0 aromatic carbocycles. The average molecular weight is 264 g/mol. The van der Waals surface area contributed by atoms with Gasteiger partial charge < -0.3 is 15.4 Å². The summed E-state index contributed by atoms with van der Waals surface area (Å²) in [5, 5.41) is 0. The van der Waals surface area contributed by atoms with Crippen LogP contribution in [0.5, 0.6) is 0 Å². The van der Waals surface area contributed by atoms with E-state index in [1.165, 1.54) is 12.8 Å². The van der Waals surface area contributed by atoms with E-state index in [0.29, 0.717) is 5.92 Å². The molecule has 19 heavy (non-hydrogen) atoms. The lowest BCUT2D eigenvalue weighted by Gasteiger charge is -2.32. The molecule has 2 N–H and O–H groups in total. The van der Waals surface area contributed by atoms with Gasteiger partial charge in [-0.25, -0.2) is 9.97 Å². The van der Waals surface area contributed by atoms with Gasteiger partial charge in [-0.1, -0.05) is 0 Å². The number of anilines is 1. The van der Waals surface area contributed by atoms with Crippen LogP contribution in [0.25, 0.3) is 0 Å². The summed E-state index contributed by atoms with van der Waals surface area (Å²) in [7, 11) is 1.76. The fourth-order valence-corrected chi connectivity index (χ4v) is 2.61. The Morgan fingerprint density at radius 3 is 2.84 bits per heavy atom. The Morgan fingerprint density at radius 1 is 1.47 bits per heavy atom. The number of hydrogen-bond acceptors (Lipinski definition) is 5. The maximum Gasteiger partial charge on any atom is 0.225 e. The van der Waals surface area contributed by atoms with Crippen molar-refractivity contribution in [1.82, 2.24) is 9.97 Å². The fourth-order valence-electron chi connectivity index (χ4n) is 2.61. The van der Waals surface area contributed by atoms with Crippen molar-refractivity contribution in [2.45, 2.75) is 32.2 Å². The largest absolute Gasteiger partial charge is 0.384 e. The molecule has 0 amide bonds. The highest BCUT2D eigenvalue weighted by Gasteiger charge is 2.21. The lowest BCUT2D eigenvalue weighted by molar-refractivity contribution is 0.143. The van der Waals surface area contributed by atoms with Crippen LogP contribution in [0.2, 0.25) is 0 Å². The lowest BCUT2D eigenvalue weighted by Crippen LogP contribution is -2.38. The van der Waals surface area contributed by atoms with Gasteiger partial charge in [-0.2, -0.15) is 0 Å². The Labute approximate surface area is 115 Å². The van der Waals surface area contributed by atoms with Crippen molar-refractivity contribution >= 4 is 5.95 Å². The minimum Gasteiger partial charge on any atom is -0.384 e. The summed E-state index contributed by atoms with van der Waals surface area (Å²) in [6, 6.07) is 0.149. The van der Waals surface area contributed by atoms with Crippen LogP contribution >= 0.6 is 0 Å². The van der Waals surface area contributed by atoms with E-state index in [0.717, 1.165) is 37.6 Å². The van der Waals surface area contributed by atoms with Gasteiger partial charge in [-0.05, 0) is 37.7 Å². The number of nitrogens with two attached hydrogens (primary N) is 1. The molecule has 2 rings (SSSR count). The summed E-state index contributed by atoms with van der Waals surface area (Å²) < 4.78 is 5.25. The summed E-state index contributed by atoms with van der Waals surface area (Å²) in [6.45, 7) is 4.83. The van der Waals surface area contributed by atoms with Crippen molar-refractivity contribution < 1.29 is 4.74 Å². The highest BCUT2D eigenvalue weighted by Crippen LogP contribution is 2.20. The minimum atomic E-state index is 0.149. The molecule has 2 atom stereocenters. The molecule has 1 aromatic rings. The SMILES string of the molecule is COCC1CCCN(c2ncc(CC(C)N)cn2)C1. The highest BCUT2D eigenvalue weighted by atomic mass is 16.5. The average Bonchev–Trinajstić information content (AvgIpc) is 2.40. The number of aromatic nitrogens is 2. The van der Waals surface area contributed by atoms with Crippen LogP contribution in [-0.4, -0.2) is 42.8 Å². The zero-order valence-electron chi connectivity index (χ0n) is 11.9. The Balaban J connectivity index is 1.97. The third-order valence-electron chi connectivity index (χ3n) is 3.45. The number of ether oxygens (including phenoxy) is 1. The number of methoxy groups -OCH3 is 1. The summed E-state index contributed by atoms with van der Waals surface area (Å²) in [6.07, 6.45) is 7.02. The molecule has 0 saturated carbocycles. The standard InChI is InChI=1S/C14H24N4O/c1-11(15)6-13-7-16-14(17-8-13)18-5-3-4-12(9-18)10-19-2/h7-8,11-12H,3-6,9-10,15H2,1-2H3. The van der Waals surface area contributed by atoms with E-state index in [4.69, 9.17) is 10.5 Å². The summed E-state index contributed by atoms with van der Waals surface area (Å²) >= 11 is 0. The summed E-state index contributed by atoms with van der Waals surface area (Å²) in [5.74, 6) is 1.42. The van der Waals surface area contributed by atoms with Gasteiger partial charge >= 0.3 is 0 Å². The molecule has 5 nitrogen and oxygen atoms in total. The third kappa shape index (κ3) is 4.14. The normalized spacial score (nSPS) is 21.4. The first-order chi connectivity index (χ1) is 9.19. The molecule has 0 bridgehead atoms. The monoisotopic (exact) mass is 264 g/mol. The van der Waals surface area contributed by atoms with Gasteiger partial charge in [0, 0.05) is 38.6 Å². The van der Waals surface area contributed by atoms with Crippen molar-refractivity contribution in [2.75, 3.05) is 31.7 Å². The van der Waals surface area contributed by atoms with Crippen LogP contribution in [0.4, 0.5) is 5.95 Å². The van der Waals surface area contributed by atoms with Crippen LogP contribution in [0.3, 0.4) is 0 Å². The van der Waals surface area contributed by atoms with Gasteiger partial charge in [0.2, 0.25) is 5.95 Å². The quantitative estimate of drug-likeness (QED) is 0.866. The van der Waals surface area contributed by atoms with Crippen molar-refractivity contribution in [2.24, 2.45) is 11.7 Å². The second-order valence-corrected chi connectivity index (χ2v) is 5.48. The maximum absolute atomic E-state index is 5.78. The fraction of sp³-hybridized carbons (Fsp3) is 0.714. The molecule has 1 saturated heterocycles. The molecule has 1 aliphatic heterocycles. The number of hydrogen-bond donors (Lipinski definition) is 1. The molecule has 0 aliphatic carbocycles. The van der Waals surface area contributed by atoms with Crippen molar-refractivity contribution in [1.29, 1.82) is 0 Å². The first-order valence-corrected chi connectivity index (χ1v) is 6.99. The third-order valence-corrected chi connectivity index (χ3v) is 3.45. The molecule has 2 unspecified atom stereocenters. The van der Waals surface area contributed by atoms with Gasteiger partial charge in [0.1, 0.15) is 0 Å². The number of rotatable bonds is 5. The number of nitrogens with zero attached hydrogens (tertiary/aromatic N) is 3. The second-order valence-electron chi connectivity index (χ2n) is 5.48. The van der Waals surface area contributed by atoms with E-state index in [1.54, 1.807) is 7.11 Å². The zero-order valence-corrected chi connectivity index (χ0v) is 11.9. The van der Waals surface area contributed by atoms with Gasteiger partial charge in [-0.3, -0.25) is 0 Å². The van der Waals surface area contributed by atoms with E-state index < -0.39 is 0 Å². The molecule has 1 aromatic heterocycles. The van der Waals surface area contributed by atoms with Gasteiger partial charge in [0.05, 0.1) is 6.61 Å². The first kappa shape index (κ1) is 14.2. The Kier molecular flexibility index (Phi) is 5.10. The van der Waals surface area contributed by atoms with Gasteiger partial charge in [-0.15, -0.1) is 0 Å². The van der Waals surface area contributed by atoms with Crippen LogP contribution in [0.1, 0.15) is 25.3 Å². The van der Waals surface area contributed by atoms with E-state index in [2.05, 4.69) is 14.9 Å². The molecule has 106 valence electrons. The van der Waals surface area contributed by atoms with Crippen molar-refractivity contribution in [3.8, 4) is 0 Å². The van der Waals surface area contributed by atoms with E-state index >= 15 is 0 Å². The molecule has 1 fully saturated rings. The Hall–Kier alpha value is -1.20. The lowest BCUT2D eigenvalue weighted by atomic mass is 9.99. The molecular weight excluding hydrogens is 240 g/mol. The molecular formula is C14H24N4O. The smallest absolute Gasteiger partial charge is 0.225 e. The predicted molar refractivity (Wildman–Crippen MR) is 76.2 cm³/mol. The predicted octanol–water partition coefficient (Wildman–Crippen LogP) is 1.23. The van der Waals surface area contributed by atoms with Crippen molar-refractivity contribution in [3.63, 3.8) is 0 Å². The topological polar surface area (TPSA) is 64.3 Å².